The lowest BCUT2D eigenvalue weighted by atomic mass is 10.1. The summed E-state index contributed by atoms with van der Waals surface area (Å²) in [4.78, 5) is 16.2. The molecule has 0 aliphatic carbocycles. The molecule has 0 aliphatic rings. The third-order valence-corrected chi connectivity index (χ3v) is 3.45. The fourth-order valence-corrected chi connectivity index (χ4v) is 2.01. The average Bonchev–Trinajstić information content (AvgIpc) is 2.37. The summed E-state index contributed by atoms with van der Waals surface area (Å²) in [6.07, 6.45) is 1.64. The van der Waals surface area contributed by atoms with E-state index >= 15 is 0 Å². The zero-order valence-corrected chi connectivity index (χ0v) is 12.0. The summed E-state index contributed by atoms with van der Waals surface area (Å²) in [6.45, 7) is 3.68. The molecule has 98 valence electrons. The molecule has 19 heavy (non-hydrogen) atoms. The molecule has 2 rings (SSSR count). The Morgan fingerprint density at radius 3 is 2.74 bits per heavy atom. The van der Waals surface area contributed by atoms with Gasteiger partial charge < -0.3 is 5.32 Å². The van der Waals surface area contributed by atoms with E-state index in [0.717, 1.165) is 11.1 Å². The summed E-state index contributed by atoms with van der Waals surface area (Å²) < 4.78 is 0. The van der Waals surface area contributed by atoms with Crippen molar-refractivity contribution in [3.63, 3.8) is 0 Å². The van der Waals surface area contributed by atoms with Gasteiger partial charge in [-0.2, -0.15) is 0 Å². The number of rotatable bonds is 2. The predicted molar refractivity (Wildman–Crippen MR) is 78.1 cm³/mol. The summed E-state index contributed by atoms with van der Waals surface area (Å²) >= 11 is 11.9. The number of aromatic nitrogens is 1. The van der Waals surface area contributed by atoms with Gasteiger partial charge in [0, 0.05) is 16.8 Å². The molecular weight excluding hydrogens is 283 g/mol. The minimum Gasteiger partial charge on any atom is -0.319 e. The molecule has 1 aromatic carbocycles. The lowest BCUT2D eigenvalue weighted by molar-refractivity contribution is 0.102. The molecular formula is C14H12Cl2N2O. The van der Waals surface area contributed by atoms with Gasteiger partial charge in [0.15, 0.2) is 5.15 Å². The molecule has 0 saturated carbocycles. The minimum atomic E-state index is -0.255. The molecule has 0 spiro atoms. The number of aryl methyl sites for hydroxylation is 1. The first kappa shape index (κ1) is 13.8. The van der Waals surface area contributed by atoms with Gasteiger partial charge in [-0.3, -0.25) is 4.79 Å². The van der Waals surface area contributed by atoms with E-state index in [4.69, 9.17) is 23.2 Å². The molecule has 3 nitrogen and oxygen atoms in total. The van der Waals surface area contributed by atoms with Crippen molar-refractivity contribution in [2.24, 2.45) is 0 Å². The zero-order chi connectivity index (χ0) is 14.0. The molecule has 1 aromatic heterocycles. The van der Waals surface area contributed by atoms with E-state index in [-0.39, 0.29) is 11.1 Å². The SMILES string of the molecule is Cc1cnc(Cl)c(NC(=O)c2cccc(Cl)c2C)c1. The van der Waals surface area contributed by atoms with Crippen molar-refractivity contribution < 1.29 is 4.79 Å². The van der Waals surface area contributed by atoms with Gasteiger partial charge in [-0.05, 0) is 43.2 Å². The van der Waals surface area contributed by atoms with Gasteiger partial charge in [-0.25, -0.2) is 4.98 Å². The van der Waals surface area contributed by atoms with E-state index in [1.165, 1.54) is 0 Å². The number of pyridine rings is 1. The molecule has 1 amide bonds. The number of anilines is 1. The summed E-state index contributed by atoms with van der Waals surface area (Å²) in [5.74, 6) is -0.255. The van der Waals surface area contributed by atoms with Crippen molar-refractivity contribution in [2.45, 2.75) is 13.8 Å². The van der Waals surface area contributed by atoms with Crippen LogP contribution in [-0.4, -0.2) is 10.9 Å². The molecule has 0 saturated heterocycles. The van der Waals surface area contributed by atoms with E-state index in [0.29, 0.717) is 16.3 Å². The maximum Gasteiger partial charge on any atom is 0.256 e. The van der Waals surface area contributed by atoms with Crippen LogP contribution in [0, 0.1) is 13.8 Å². The number of hydrogen-bond donors (Lipinski definition) is 1. The van der Waals surface area contributed by atoms with Gasteiger partial charge in [-0.15, -0.1) is 0 Å². The molecule has 1 heterocycles. The van der Waals surface area contributed by atoms with Crippen molar-refractivity contribution in [3.05, 3.63) is 57.3 Å². The zero-order valence-electron chi connectivity index (χ0n) is 10.5. The van der Waals surface area contributed by atoms with E-state index < -0.39 is 0 Å². The molecule has 0 atom stereocenters. The minimum absolute atomic E-state index is 0.255. The smallest absolute Gasteiger partial charge is 0.256 e. The maximum absolute atomic E-state index is 12.2. The fourth-order valence-electron chi connectivity index (χ4n) is 1.68. The Morgan fingerprint density at radius 2 is 2.00 bits per heavy atom. The molecule has 0 fully saturated rings. The van der Waals surface area contributed by atoms with Gasteiger partial charge in [0.2, 0.25) is 0 Å². The second-order valence-corrected chi connectivity index (χ2v) is 4.98. The third kappa shape index (κ3) is 3.06. The summed E-state index contributed by atoms with van der Waals surface area (Å²) in [5, 5.41) is 3.56. The van der Waals surface area contributed by atoms with E-state index in [9.17, 15) is 4.79 Å². The van der Waals surface area contributed by atoms with Crippen molar-refractivity contribution in [3.8, 4) is 0 Å². The standard InChI is InChI=1S/C14H12Cl2N2O/c1-8-6-12(13(16)17-7-8)18-14(19)10-4-3-5-11(15)9(10)2/h3-7H,1-2H3,(H,18,19). The van der Waals surface area contributed by atoms with Crippen LogP contribution >= 0.6 is 23.2 Å². The van der Waals surface area contributed by atoms with Crippen LogP contribution in [0.5, 0.6) is 0 Å². The highest BCUT2D eigenvalue weighted by Gasteiger charge is 2.13. The highest BCUT2D eigenvalue weighted by Crippen LogP contribution is 2.23. The van der Waals surface area contributed by atoms with Gasteiger partial charge in [-0.1, -0.05) is 29.3 Å². The monoisotopic (exact) mass is 294 g/mol. The first-order valence-corrected chi connectivity index (χ1v) is 6.43. The Balaban J connectivity index is 2.31. The second kappa shape index (κ2) is 5.59. The summed E-state index contributed by atoms with van der Waals surface area (Å²) in [5.41, 5.74) is 2.66. The summed E-state index contributed by atoms with van der Waals surface area (Å²) in [6, 6.07) is 6.97. The molecule has 0 bridgehead atoms. The van der Waals surface area contributed by atoms with Crippen LogP contribution in [-0.2, 0) is 0 Å². The highest BCUT2D eigenvalue weighted by molar-refractivity contribution is 6.33. The first-order valence-electron chi connectivity index (χ1n) is 5.67. The molecule has 0 unspecified atom stereocenters. The molecule has 0 aliphatic heterocycles. The van der Waals surface area contributed by atoms with Crippen molar-refractivity contribution >= 4 is 34.8 Å². The highest BCUT2D eigenvalue weighted by atomic mass is 35.5. The number of hydrogen-bond acceptors (Lipinski definition) is 2. The molecule has 1 N–H and O–H groups in total. The number of nitrogens with one attached hydrogen (secondary N) is 1. The van der Waals surface area contributed by atoms with Crippen LogP contribution in [0.15, 0.2) is 30.5 Å². The van der Waals surface area contributed by atoms with Crippen molar-refractivity contribution in [1.82, 2.24) is 4.98 Å². The average molecular weight is 295 g/mol. The Bertz CT molecular complexity index is 641. The Kier molecular flexibility index (Phi) is 4.08. The topological polar surface area (TPSA) is 42.0 Å². The van der Waals surface area contributed by atoms with Gasteiger partial charge in [0.25, 0.3) is 5.91 Å². The number of carbonyl (C=O) groups is 1. The first-order chi connectivity index (χ1) is 8.99. The van der Waals surface area contributed by atoms with Crippen molar-refractivity contribution in [1.29, 1.82) is 0 Å². The predicted octanol–water partition coefficient (Wildman–Crippen LogP) is 4.26. The maximum atomic E-state index is 12.2. The van der Waals surface area contributed by atoms with E-state index in [1.807, 2.05) is 6.92 Å². The van der Waals surface area contributed by atoms with Crippen LogP contribution < -0.4 is 5.32 Å². The van der Waals surface area contributed by atoms with Crippen LogP contribution in [0.2, 0.25) is 10.2 Å². The summed E-state index contributed by atoms with van der Waals surface area (Å²) in [7, 11) is 0. The van der Waals surface area contributed by atoms with Gasteiger partial charge >= 0.3 is 0 Å². The number of nitrogens with zero attached hydrogens (tertiary/aromatic N) is 1. The second-order valence-electron chi connectivity index (χ2n) is 4.22. The quantitative estimate of drug-likeness (QED) is 0.841. The Labute approximate surface area is 121 Å². The number of benzene rings is 1. The largest absolute Gasteiger partial charge is 0.319 e. The Morgan fingerprint density at radius 1 is 1.26 bits per heavy atom. The van der Waals surface area contributed by atoms with Crippen LogP contribution in [0.25, 0.3) is 0 Å². The fraction of sp³-hybridized carbons (Fsp3) is 0.143. The van der Waals surface area contributed by atoms with Crippen LogP contribution in [0.1, 0.15) is 21.5 Å². The molecule has 0 radical (unpaired) electrons. The van der Waals surface area contributed by atoms with Crippen molar-refractivity contribution in [2.75, 3.05) is 5.32 Å². The van der Waals surface area contributed by atoms with Crippen LogP contribution in [0.4, 0.5) is 5.69 Å². The lowest BCUT2D eigenvalue weighted by Gasteiger charge is -2.10. The van der Waals surface area contributed by atoms with Crippen LogP contribution in [0.3, 0.4) is 0 Å². The third-order valence-electron chi connectivity index (χ3n) is 2.74. The number of carbonyl (C=O) groups excluding carboxylic acids is 1. The van der Waals surface area contributed by atoms with E-state index in [1.54, 1.807) is 37.4 Å². The molecule has 5 heteroatoms. The van der Waals surface area contributed by atoms with Gasteiger partial charge in [0.1, 0.15) is 0 Å². The lowest BCUT2D eigenvalue weighted by Crippen LogP contribution is -2.14. The Hall–Kier alpha value is -1.58. The number of halogens is 2. The van der Waals surface area contributed by atoms with Gasteiger partial charge in [0.05, 0.1) is 5.69 Å². The number of amides is 1. The normalized spacial score (nSPS) is 10.3. The van der Waals surface area contributed by atoms with E-state index in [2.05, 4.69) is 10.3 Å². The molecule has 2 aromatic rings.